The summed E-state index contributed by atoms with van der Waals surface area (Å²) < 4.78 is 20.9. The van der Waals surface area contributed by atoms with Crippen molar-refractivity contribution in [2.75, 3.05) is 18.0 Å². The number of nitrogens with zero attached hydrogens (tertiary/aromatic N) is 1. The van der Waals surface area contributed by atoms with Crippen molar-refractivity contribution in [3.8, 4) is 5.75 Å². The molecular weight excluding hydrogens is 441 g/mol. The molecular formula is C30H36FNO3. The summed E-state index contributed by atoms with van der Waals surface area (Å²) in [5.41, 5.74) is 3.01. The van der Waals surface area contributed by atoms with Crippen molar-refractivity contribution in [3.05, 3.63) is 65.0 Å². The monoisotopic (exact) mass is 477 g/mol. The number of anilines is 1. The van der Waals surface area contributed by atoms with Crippen LogP contribution in [0, 0.1) is 23.6 Å². The molecule has 1 unspecified atom stereocenters. The first kappa shape index (κ1) is 24.1. The van der Waals surface area contributed by atoms with E-state index in [0.717, 1.165) is 36.6 Å². The lowest BCUT2D eigenvalue weighted by Crippen LogP contribution is -2.25. The molecule has 2 fully saturated rings. The predicted octanol–water partition coefficient (Wildman–Crippen LogP) is 6.06. The van der Waals surface area contributed by atoms with Gasteiger partial charge >= 0.3 is 0 Å². The summed E-state index contributed by atoms with van der Waals surface area (Å²) in [4.78, 5) is 15.4. The summed E-state index contributed by atoms with van der Waals surface area (Å²) >= 11 is 0. The zero-order valence-electron chi connectivity index (χ0n) is 20.8. The van der Waals surface area contributed by atoms with E-state index < -0.39 is 6.10 Å². The summed E-state index contributed by atoms with van der Waals surface area (Å²) in [5.74, 6) is 1.69. The Morgan fingerprint density at radius 2 is 1.89 bits per heavy atom. The van der Waals surface area contributed by atoms with Crippen molar-refractivity contribution in [1.82, 2.24) is 0 Å². The first-order valence-electron chi connectivity index (χ1n) is 13.1. The van der Waals surface area contributed by atoms with Gasteiger partial charge < -0.3 is 14.7 Å². The molecule has 2 aliphatic carbocycles. The SMILES string of the molecule is C[C@H](O)[C@@H](C)Oc1ccc2c(c1)C=CC(Cc1ccc(N3CC[C@@H](C4CCCC4)C3)c(F)c1)C2=O. The van der Waals surface area contributed by atoms with Crippen LogP contribution in [0.3, 0.4) is 0 Å². The van der Waals surface area contributed by atoms with Crippen LogP contribution in [-0.2, 0) is 6.42 Å². The highest BCUT2D eigenvalue weighted by Gasteiger charge is 2.32. The van der Waals surface area contributed by atoms with Gasteiger partial charge in [-0.2, -0.15) is 0 Å². The number of carbonyl (C=O) groups is 1. The number of halogens is 1. The smallest absolute Gasteiger partial charge is 0.170 e. The number of benzene rings is 2. The summed E-state index contributed by atoms with van der Waals surface area (Å²) in [7, 11) is 0. The lowest BCUT2D eigenvalue weighted by atomic mass is 9.84. The molecule has 1 saturated heterocycles. The van der Waals surface area contributed by atoms with Gasteiger partial charge in [-0.1, -0.05) is 43.9 Å². The molecule has 1 heterocycles. The number of rotatable bonds is 7. The summed E-state index contributed by atoms with van der Waals surface area (Å²) in [6.45, 7) is 5.39. The van der Waals surface area contributed by atoms with Crippen molar-refractivity contribution in [2.45, 2.75) is 64.6 Å². The Morgan fingerprint density at radius 1 is 1.09 bits per heavy atom. The number of ether oxygens (including phenoxy) is 1. The van der Waals surface area contributed by atoms with Gasteiger partial charge in [-0.05, 0) is 80.0 Å². The molecule has 5 rings (SSSR count). The normalized spacial score (nSPS) is 24.0. The van der Waals surface area contributed by atoms with E-state index in [0.29, 0.717) is 29.3 Å². The Bertz CT molecular complexity index is 1100. The predicted molar refractivity (Wildman–Crippen MR) is 137 cm³/mol. The van der Waals surface area contributed by atoms with Crippen LogP contribution in [0.15, 0.2) is 42.5 Å². The van der Waals surface area contributed by atoms with Gasteiger partial charge in [0.1, 0.15) is 17.7 Å². The van der Waals surface area contributed by atoms with Crippen LogP contribution >= 0.6 is 0 Å². The molecule has 0 aromatic heterocycles. The molecule has 5 heteroatoms. The second-order valence-corrected chi connectivity index (χ2v) is 10.7. The van der Waals surface area contributed by atoms with Gasteiger partial charge in [-0.25, -0.2) is 4.39 Å². The van der Waals surface area contributed by atoms with Crippen molar-refractivity contribution in [1.29, 1.82) is 0 Å². The first-order chi connectivity index (χ1) is 16.9. The third-order valence-corrected chi connectivity index (χ3v) is 8.23. The van der Waals surface area contributed by atoms with Crippen LogP contribution in [0.4, 0.5) is 10.1 Å². The van der Waals surface area contributed by atoms with Crippen molar-refractivity contribution < 1.29 is 19.0 Å². The number of hydrogen-bond donors (Lipinski definition) is 1. The number of carbonyl (C=O) groups excluding carboxylic acids is 1. The standard InChI is InChI=1S/C30H36FNO3/c1-19(33)20(2)35-26-10-11-27-23(17-26)8-9-24(30(27)34)15-21-7-12-29(28(31)16-21)32-14-13-25(18-32)22-5-3-4-6-22/h7-12,16-17,19-20,22,24-25,33H,3-6,13-15,18H2,1-2H3/t19-,20+,24?,25+/m0/s1. The largest absolute Gasteiger partial charge is 0.488 e. The van der Waals surface area contributed by atoms with Gasteiger partial charge in [0.25, 0.3) is 0 Å². The quantitative estimate of drug-likeness (QED) is 0.527. The molecule has 1 N–H and O–H groups in total. The Hall–Kier alpha value is -2.66. The van der Waals surface area contributed by atoms with Crippen molar-refractivity contribution in [2.24, 2.45) is 17.8 Å². The number of allylic oxidation sites excluding steroid dienone is 1. The lowest BCUT2D eigenvalue weighted by molar-refractivity contribution is 0.0604. The summed E-state index contributed by atoms with van der Waals surface area (Å²) in [5, 5.41) is 9.67. The molecule has 186 valence electrons. The molecule has 3 aliphatic rings. The van der Waals surface area contributed by atoms with E-state index in [9.17, 15) is 9.90 Å². The van der Waals surface area contributed by atoms with Gasteiger partial charge in [-0.3, -0.25) is 4.79 Å². The molecule has 0 amide bonds. The summed E-state index contributed by atoms with van der Waals surface area (Å²) in [6, 6.07) is 10.9. The minimum Gasteiger partial charge on any atom is -0.488 e. The third kappa shape index (κ3) is 5.16. The van der Waals surface area contributed by atoms with E-state index in [1.54, 1.807) is 25.1 Å². The number of fused-ring (bicyclic) bond motifs is 1. The number of aliphatic hydroxyl groups is 1. The van der Waals surface area contributed by atoms with Crippen LogP contribution in [0.25, 0.3) is 6.08 Å². The Labute approximate surface area is 207 Å². The minimum absolute atomic E-state index is 0.0426. The van der Waals surface area contributed by atoms with E-state index in [1.165, 1.54) is 25.7 Å². The second kappa shape index (κ2) is 10.1. The van der Waals surface area contributed by atoms with E-state index in [4.69, 9.17) is 4.74 Å². The number of hydrogen-bond acceptors (Lipinski definition) is 4. The van der Waals surface area contributed by atoms with Gasteiger partial charge in [0, 0.05) is 24.6 Å². The Balaban J connectivity index is 1.24. The minimum atomic E-state index is -0.585. The lowest BCUT2D eigenvalue weighted by Gasteiger charge is -2.23. The summed E-state index contributed by atoms with van der Waals surface area (Å²) in [6.07, 6.45) is 9.94. The van der Waals surface area contributed by atoms with Crippen LogP contribution in [-0.4, -0.2) is 36.2 Å². The average molecular weight is 478 g/mol. The van der Waals surface area contributed by atoms with E-state index in [-0.39, 0.29) is 23.6 Å². The highest BCUT2D eigenvalue weighted by Crippen LogP contribution is 2.38. The van der Waals surface area contributed by atoms with Crippen LogP contribution in [0.1, 0.15) is 67.4 Å². The highest BCUT2D eigenvalue weighted by molar-refractivity contribution is 6.04. The maximum Gasteiger partial charge on any atom is 0.170 e. The molecule has 2 aromatic rings. The van der Waals surface area contributed by atoms with E-state index in [1.807, 2.05) is 37.3 Å². The molecule has 0 bridgehead atoms. The first-order valence-corrected chi connectivity index (χ1v) is 13.1. The number of Topliss-reactive ketones (excluding diaryl/α,β-unsaturated/α-hetero) is 1. The molecule has 4 atom stereocenters. The maximum absolute atomic E-state index is 15.1. The topological polar surface area (TPSA) is 49.8 Å². The van der Waals surface area contributed by atoms with Gasteiger partial charge in [-0.15, -0.1) is 0 Å². The fourth-order valence-electron chi connectivity index (χ4n) is 5.96. The fraction of sp³-hybridized carbons (Fsp3) is 0.500. The molecule has 35 heavy (non-hydrogen) atoms. The third-order valence-electron chi connectivity index (χ3n) is 8.23. The molecule has 0 radical (unpaired) electrons. The van der Waals surface area contributed by atoms with Gasteiger partial charge in [0.15, 0.2) is 5.78 Å². The maximum atomic E-state index is 15.1. The van der Waals surface area contributed by atoms with E-state index in [2.05, 4.69) is 4.90 Å². The molecule has 4 nitrogen and oxygen atoms in total. The molecule has 2 aromatic carbocycles. The Morgan fingerprint density at radius 3 is 2.63 bits per heavy atom. The zero-order chi connectivity index (χ0) is 24.5. The van der Waals surface area contributed by atoms with E-state index >= 15 is 4.39 Å². The van der Waals surface area contributed by atoms with Crippen LogP contribution in [0.2, 0.25) is 0 Å². The van der Waals surface area contributed by atoms with Crippen LogP contribution in [0.5, 0.6) is 5.75 Å². The van der Waals surface area contributed by atoms with Gasteiger partial charge in [0.05, 0.1) is 11.8 Å². The highest BCUT2D eigenvalue weighted by atomic mass is 19.1. The Kier molecular flexibility index (Phi) is 6.97. The van der Waals surface area contributed by atoms with Gasteiger partial charge in [0.2, 0.25) is 0 Å². The van der Waals surface area contributed by atoms with Crippen LogP contribution < -0.4 is 9.64 Å². The van der Waals surface area contributed by atoms with Crippen molar-refractivity contribution >= 4 is 17.5 Å². The molecule has 0 spiro atoms. The second-order valence-electron chi connectivity index (χ2n) is 10.7. The number of ketones is 1. The fourth-order valence-corrected chi connectivity index (χ4v) is 5.96. The van der Waals surface area contributed by atoms with Crippen molar-refractivity contribution in [3.63, 3.8) is 0 Å². The zero-order valence-corrected chi connectivity index (χ0v) is 20.8. The molecule has 1 saturated carbocycles. The average Bonchev–Trinajstić information content (AvgIpc) is 3.53. The number of aliphatic hydroxyl groups excluding tert-OH is 1. The molecule has 1 aliphatic heterocycles.